The minimum atomic E-state index is -3.71. The number of aromatic nitrogens is 3. The quantitative estimate of drug-likeness (QED) is 0.345. The zero-order valence-corrected chi connectivity index (χ0v) is 21.7. The molecule has 0 aliphatic carbocycles. The number of fused-ring (bicyclic) bond motifs is 1. The molecule has 188 valence electrons. The molecule has 5 rings (SSSR count). The van der Waals surface area contributed by atoms with Crippen LogP contribution < -0.4 is 14.9 Å². The molecule has 0 spiro atoms. The van der Waals surface area contributed by atoms with Gasteiger partial charge in [-0.2, -0.15) is 4.37 Å². The molecule has 3 heterocycles. The van der Waals surface area contributed by atoms with Gasteiger partial charge in [0, 0.05) is 66.1 Å². The molecule has 1 aliphatic heterocycles. The first-order valence-electron chi connectivity index (χ1n) is 11.6. The second kappa shape index (κ2) is 10.5. The summed E-state index contributed by atoms with van der Waals surface area (Å²) in [5.41, 5.74) is 1.98. The van der Waals surface area contributed by atoms with E-state index in [9.17, 15) is 13.2 Å². The number of amides is 1. The predicted octanol–water partition coefficient (Wildman–Crippen LogP) is 4.12. The molecule has 9 nitrogen and oxygen atoms in total. The number of aryl methyl sites for hydroxylation is 1. The Kier molecular flexibility index (Phi) is 7.13. The van der Waals surface area contributed by atoms with Gasteiger partial charge < -0.3 is 14.8 Å². The number of hydrogen-bond donors (Lipinski definition) is 2. The molecular weight excluding hydrogens is 520 g/mol. The fourth-order valence-electron chi connectivity index (χ4n) is 4.38. The number of anilines is 2. The second-order valence-electron chi connectivity index (χ2n) is 8.64. The van der Waals surface area contributed by atoms with E-state index in [0.29, 0.717) is 18.0 Å². The summed E-state index contributed by atoms with van der Waals surface area (Å²) in [6, 6.07) is 14.7. The van der Waals surface area contributed by atoms with Gasteiger partial charge in [0.25, 0.3) is 10.0 Å². The van der Waals surface area contributed by atoms with Crippen LogP contribution >= 0.6 is 23.1 Å². The summed E-state index contributed by atoms with van der Waals surface area (Å²) in [7, 11) is -3.71. The summed E-state index contributed by atoms with van der Waals surface area (Å²) >= 11 is 7.10. The molecule has 0 atom stereocenters. The lowest BCUT2D eigenvalue weighted by Gasteiger charge is -2.34. The van der Waals surface area contributed by atoms with E-state index in [1.54, 1.807) is 24.3 Å². The number of hydrogen-bond acceptors (Lipinski definition) is 7. The van der Waals surface area contributed by atoms with Crippen LogP contribution in [0.25, 0.3) is 10.9 Å². The van der Waals surface area contributed by atoms with Gasteiger partial charge in [-0.15, -0.1) is 0 Å². The highest BCUT2D eigenvalue weighted by atomic mass is 35.5. The van der Waals surface area contributed by atoms with Crippen molar-refractivity contribution >= 4 is 60.8 Å². The van der Waals surface area contributed by atoms with Crippen LogP contribution in [0.15, 0.2) is 66.0 Å². The molecule has 1 fully saturated rings. The zero-order chi connectivity index (χ0) is 25.1. The molecule has 0 radical (unpaired) electrons. The van der Waals surface area contributed by atoms with E-state index in [1.807, 2.05) is 30.5 Å². The van der Waals surface area contributed by atoms with Crippen molar-refractivity contribution in [2.24, 2.45) is 0 Å². The fraction of sp³-hybridized carbons (Fsp3) is 0.292. The van der Waals surface area contributed by atoms with E-state index in [-0.39, 0.29) is 22.0 Å². The Morgan fingerprint density at radius 3 is 2.61 bits per heavy atom. The Bertz CT molecular complexity index is 1450. The number of benzene rings is 2. The zero-order valence-electron chi connectivity index (χ0n) is 19.3. The van der Waals surface area contributed by atoms with Crippen molar-refractivity contribution in [3.63, 3.8) is 0 Å². The Balaban J connectivity index is 1.10. The van der Waals surface area contributed by atoms with Crippen LogP contribution in [-0.4, -0.2) is 47.4 Å². The van der Waals surface area contributed by atoms with Crippen LogP contribution in [0.4, 0.5) is 10.8 Å². The molecule has 0 bridgehead atoms. The maximum atomic E-state index is 12.6. The van der Waals surface area contributed by atoms with Crippen molar-refractivity contribution in [2.75, 3.05) is 22.7 Å². The van der Waals surface area contributed by atoms with Crippen molar-refractivity contribution in [2.45, 2.75) is 36.7 Å². The van der Waals surface area contributed by atoms with Crippen molar-refractivity contribution in [3.05, 3.63) is 66.1 Å². The third kappa shape index (κ3) is 5.63. The number of nitrogens with zero attached hydrogens (tertiary/aromatic N) is 4. The first-order chi connectivity index (χ1) is 17.4. The summed E-state index contributed by atoms with van der Waals surface area (Å²) in [6.07, 6.45) is 5.34. The molecular formula is C24H25ClN6O3S2. The van der Waals surface area contributed by atoms with Gasteiger partial charge in [0.1, 0.15) is 6.33 Å². The van der Waals surface area contributed by atoms with Crippen molar-refractivity contribution in [1.29, 1.82) is 0 Å². The van der Waals surface area contributed by atoms with E-state index >= 15 is 0 Å². The van der Waals surface area contributed by atoms with E-state index in [1.165, 1.54) is 6.33 Å². The molecule has 1 aliphatic rings. The summed E-state index contributed by atoms with van der Waals surface area (Å²) in [4.78, 5) is 18.8. The smallest absolute Gasteiger partial charge is 0.263 e. The molecule has 2 aromatic heterocycles. The van der Waals surface area contributed by atoms with Crippen LogP contribution in [0.3, 0.4) is 0 Å². The standard InChI is InChI=1S/C24H25ClN6O3S2/c25-18-2-1-17-7-11-31(22(17)15-18)14-10-23(32)28-19-8-12-30(13-9-19)20-3-5-21(6-4-20)36(33,34)29-24-26-16-27-35-24/h1-7,11,15-16,19H,8-10,12-14H2,(H,28,32)(H,26,27,29). The van der Waals surface area contributed by atoms with Crippen LogP contribution in [0, 0.1) is 0 Å². The van der Waals surface area contributed by atoms with E-state index in [4.69, 9.17) is 11.6 Å². The summed E-state index contributed by atoms with van der Waals surface area (Å²) in [5, 5.41) is 5.17. The van der Waals surface area contributed by atoms with Gasteiger partial charge in [0.2, 0.25) is 11.0 Å². The number of halogens is 1. The Morgan fingerprint density at radius 1 is 1.11 bits per heavy atom. The first kappa shape index (κ1) is 24.5. The number of piperidine rings is 1. The number of rotatable bonds is 8. The third-order valence-electron chi connectivity index (χ3n) is 6.27. The van der Waals surface area contributed by atoms with E-state index in [0.717, 1.165) is 54.1 Å². The van der Waals surface area contributed by atoms with Crippen LogP contribution in [0.1, 0.15) is 19.3 Å². The fourth-order valence-corrected chi connectivity index (χ4v) is 6.21. The average Bonchev–Trinajstić information content (AvgIpc) is 3.52. The van der Waals surface area contributed by atoms with Crippen molar-refractivity contribution in [1.82, 2.24) is 19.2 Å². The van der Waals surface area contributed by atoms with Crippen molar-refractivity contribution < 1.29 is 13.2 Å². The molecule has 12 heteroatoms. The number of sulfonamides is 1. The molecule has 0 saturated carbocycles. The molecule has 4 aromatic rings. The lowest BCUT2D eigenvalue weighted by molar-refractivity contribution is -0.122. The van der Waals surface area contributed by atoms with Crippen LogP contribution in [0.2, 0.25) is 5.02 Å². The van der Waals surface area contributed by atoms with Gasteiger partial charge in [-0.25, -0.2) is 13.4 Å². The lowest BCUT2D eigenvalue weighted by Crippen LogP contribution is -2.44. The van der Waals surface area contributed by atoms with Gasteiger partial charge in [0.15, 0.2) is 0 Å². The molecule has 36 heavy (non-hydrogen) atoms. The minimum Gasteiger partial charge on any atom is -0.371 e. The van der Waals surface area contributed by atoms with Crippen molar-refractivity contribution in [3.8, 4) is 0 Å². The molecule has 1 amide bonds. The highest BCUT2D eigenvalue weighted by Crippen LogP contribution is 2.24. The number of carbonyl (C=O) groups excluding carboxylic acids is 1. The Hall–Kier alpha value is -3.15. The molecule has 1 saturated heterocycles. The van der Waals surface area contributed by atoms with Crippen LogP contribution in [0.5, 0.6) is 0 Å². The third-order valence-corrected chi connectivity index (χ3v) is 8.57. The molecule has 0 unspecified atom stereocenters. The normalized spacial score (nSPS) is 14.8. The maximum Gasteiger partial charge on any atom is 0.263 e. The van der Waals surface area contributed by atoms with E-state index < -0.39 is 10.0 Å². The highest BCUT2D eigenvalue weighted by Gasteiger charge is 2.22. The predicted molar refractivity (Wildman–Crippen MR) is 142 cm³/mol. The van der Waals surface area contributed by atoms with E-state index in [2.05, 4.69) is 28.9 Å². The minimum absolute atomic E-state index is 0.0369. The summed E-state index contributed by atoms with van der Waals surface area (Å²) in [5.74, 6) is 0.0369. The van der Waals surface area contributed by atoms with Gasteiger partial charge >= 0.3 is 0 Å². The largest absolute Gasteiger partial charge is 0.371 e. The monoisotopic (exact) mass is 544 g/mol. The number of carbonyl (C=O) groups is 1. The van der Waals surface area contributed by atoms with Crippen LogP contribution in [-0.2, 0) is 21.4 Å². The second-order valence-corrected chi connectivity index (χ2v) is 11.5. The molecule has 2 N–H and O–H groups in total. The highest BCUT2D eigenvalue weighted by molar-refractivity contribution is 7.93. The summed E-state index contributed by atoms with van der Waals surface area (Å²) < 4.78 is 33.3. The average molecular weight is 545 g/mol. The topological polar surface area (TPSA) is 109 Å². The van der Waals surface area contributed by atoms with Gasteiger partial charge in [-0.1, -0.05) is 17.7 Å². The number of nitrogens with one attached hydrogen (secondary N) is 2. The first-order valence-corrected chi connectivity index (χ1v) is 14.2. The summed E-state index contributed by atoms with van der Waals surface area (Å²) in [6.45, 7) is 2.15. The Morgan fingerprint density at radius 2 is 1.89 bits per heavy atom. The van der Waals surface area contributed by atoms with Gasteiger partial charge in [-0.05, 0) is 60.7 Å². The van der Waals surface area contributed by atoms with Gasteiger partial charge in [-0.3, -0.25) is 9.52 Å². The molecule has 2 aromatic carbocycles. The Labute approximate surface area is 218 Å². The maximum absolute atomic E-state index is 12.6. The SMILES string of the molecule is O=C(CCn1ccc2ccc(Cl)cc21)NC1CCN(c2ccc(S(=O)(=O)Nc3ncns3)cc2)CC1. The lowest BCUT2D eigenvalue weighted by atomic mass is 10.0. The van der Waals surface area contributed by atoms with Gasteiger partial charge in [0.05, 0.1) is 4.90 Å².